The zero-order valence-corrected chi connectivity index (χ0v) is 18.5. The van der Waals surface area contributed by atoms with Crippen molar-refractivity contribution in [3.8, 4) is 17.2 Å². The molecule has 1 aliphatic rings. The first-order valence-electron chi connectivity index (χ1n) is 11.2. The van der Waals surface area contributed by atoms with Gasteiger partial charge in [0.05, 0.1) is 23.3 Å². The third kappa shape index (κ3) is 4.36. The molecule has 2 aromatic heterocycles. The number of nitrogens with one attached hydrogen (secondary N) is 1. The summed E-state index contributed by atoms with van der Waals surface area (Å²) in [5.74, 6) is 0.852. The molecule has 0 amide bonds. The highest BCUT2D eigenvalue weighted by molar-refractivity contribution is 5.95. The fraction of sp³-hybridized carbons (Fsp3) is 0.222. The Morgan fingerprint density at radius 1 is 1.00 bits per heavy atom. The van der Waals surface area contributed by atoms with Crippen LogP contribution in [0, 0.1) is 11.3 Å². The zero-order chi connectivity index (χ0) is 22.6. The molecule has 0 unspecified atom stereocenters. The number of nitriles is 1. The lowest BCUT2D eigenvalue weighted by Gasteiger charge is -2.39. The van der Waals surface area contributed by atoms with Gasteiger partial charge in [-0.05, 0) is 48.9 Å². The molecule has 4 aromatic rings. The number of aromatic nitrogens is 2. The predicted molar refractivity (Wildman–Crippen MR) is 131 cm³/mol. The Balaban J connectivity index is 1.37. The average Bonchev–Trinajstić information content (AvgIpc) is 2.87. The highest BCUT2D eigenvalue weighted by Crippen LogP contribution is 2.31. The molecule has 2 atom stereocenters. The first-order chi connectivity index (χ1) is 16.2. The molecular formula is C27H25N5O. The van der Waals surface area contributed by atoms with E-state index in [1.807, 2.05) is 48.5 Å². The number of pyridine rings is 2. The molecular weight excluding hydrogens is 410 g/mol. The summed E-state index contributed by atoms with van der Waals surface area (Å²) >= 11 is 0. The van der Waals surface area contributed by atoms with E-state index in [1.165, 1.54) is 0 Å². The smallest absolute Gasteiger partial charge is 0.133 e. The molecule has 6 heteroatoms. The van der Waals surface area contributed by atoms with Gasteiger partial charge in [0.1, 0.15) is 11.9 Å². The maximum atomic E-state index is 9.47. The van der Waals surface area contributed by atoms with Crippen LogP contribution in [0.2, 0.25) is 0 Å². The average molecular weight is 436 g/mol. The van der Waals surface area contributed by atoms with Crippen molar-refractivity contribution in [2.24, 2.45) is 0 Å². The quantitative estimate of drug-likeness (QED) is 0.482. The molecule has 0 aliphatic carbocycles. The lowest BCUT2D eigenvalue weighted by molar-refractivity contribution is -0.00823. The number of morpholine rings is 1. The SMILES string of the molecule is C[C@@H]1CN(c2ccc(C#N)c3ncccc23)C[C@H](CNc2ncccc2-c2ccccc2)O1. The Morgan fingerprint density at radius 2 is 1.82 bits per heavy atom. The van der Waals surface area contributed by atoms with Crippen molar-refractivity contribution in [3.63, 3.8) is 0 Å². The van der Waals surface area contributed by atoms with Crippen molar-refractivity contribution in [2.45, 2.75) is 19.1 Å². The van der Waals surface area contributed by atoms with E-state index in [1.54, 1.807) is 12.4 Å². The van der Waals surface area contributed by atoms with Crippen molar-refractivity contribution < 1.29 is 4.74 Å². The van der Waals surface area contributed by atoms with Crippen LogP contribution in [-0.2, 0) is 4.74 Å². The summed E-state index contributed by atoms with van der Waals surface area (Å²) in [6.07, 6.45) is 3.60. The van der Waals surface area contributed by atoms with Crippen LogP contribution >= 0.6 is 0 Å². The predicted octanol–water partition coefficient (Wildman–Crippen LogP) is 4.87. The van der Waals surface area contributed by atoms with E-state index in [2.05, 4.69) is 51.4 Å². The number of benzene rings is 2. The molecule has 1 aliphatic heterocycles. The second-order valence-electron chi connectivity index (χ2n) is 8.26. The number of ether oxygens (including phenoxy) is 1. The summed E-state index contributed by atoms with van der Waals surface area (Å²) in [5.41, 5.74) is 4.62. The number of rotatable bonds is 5. The van der Waals surface area contributed by atoms with Gasteiger partial charge in [-0.25, -0.2) is 4.98 Å². The number of nitrogens with zero attached hydrogens (tertiary/aromatic N) is 4. The molecule has 3 heterocycles. The Bertz CT molecular complexity index is 1300. The summed E-state index contributed by atoms with van der Waals surface area (Å²) in [4.78, 5) is 11.4. The van der Waals surface area contributed by atoms with E-state index in [9.17, 15) is 5.26 Å². The van der Waals surface area contributed by atoms with Gasteiger partial charge >= 0.3 is 0 Å². The minimum absolute atomic E-state index is 0.0123. The monoisotopic (exact) mass is 435 g/mol. The molecule has 33 heavy (non-hydrogen) atoms. The molecule has 0 saturated carbocycles. The number of hydrogen-bond donors (Lipinski definition) is 1. The molecule has 164 valence electrons. The topological polar surface area (TPSA) is 74.1 Å². The van der Waals surface area contributed by atoms with Crippen LogP contribution in [0.1, 0.15) is 12.5 Å². The Labute approximate surface area is 193 Å². The second kappa shape index (κ2) is 9.27. The second-order valence-corrected chi connectivity index (χ2v) is 8.26. The van der Waals surface area contributed by atoms with Gasteiger partial charge in [-0.1, -0.05) is 30.3 Å². The number of hydrogen-bond acceptors (Lipinski definition) is 6. The summed E-state index contributed by atoms with van der Waals surface area (Å²) < 4.78 is 6.26. The summed E-state index contributed by atoms with van der Waals surface area (Å²) in [6.45, 7) is 4.26. The molecule has 6 nitrogen and oxygen atoms in total. The highest BCUT2D eigenvalue weighted by Gasteiger charge is 2.27. The summed E-state index contributed by atoms with van der Waals surface area (Å²) in [6, 6.07) is 24.4. The molecule has 1 fully saturated rings. The fourth-order valence-electron chi connectivity index (χ4n) is 4.49. The Hall–Kier alpha value is -3.95. The van der Waals surface area contributed by atoms with Gasteiger partial charge in [0.15, 0.2) is 0 Å². The van der Waals surface area contributed by atoms with Gasteiger partial charge < -0.3 is 15.0 Å². The lowest BCUT2D eigenvalue weighted by atomic mass is 10.1. The maximum absolute atomic E-state index is 9.47. The summed E-state index contributed by atoms with van der Waals surface area (Å²) in [5, 5.41) is 14.0. The van der Waals surface area contributed by atoms with Crippen molar-refractivity contribution >= 4 is 22.4 Å². The van der Waals surface area contributed by atoms with E-state index < -0.39 is 0 Å². The van der Waals surface area contributed by atoms with Gasteiger partial charge in [0, 0.05) is 48.7 Å². The largest absolute Gasteiger partial charge is 0.370 e. The van der Waals surface area contributed by atoms with Gasteiger partial charge in [-0.15, -0.1) is 0 Å². The lowest BCUT2D eigenvalue weighted by Crippen LogP contribution is -2.49. The van der Waals surface area contributed by atoms with E-state index in [-0.39, 0.29) is 12.2 Å². The van der Waals surface area contributed by atoms with Crippen molar-refractivity contribution in [3.05, 3.63) is 84.7 Å². The number of anilines is 2. The van der Waals surface area contributed by atoms with E-state index in [4.69, 9.17) is 4.74 Å². The fourth-order valence-corrected chi connectivity index (χ4v) is 4.49. The van der Waals surface area contributed by atoms with E-state index in [0.29, 0.717) is 12.1 Å². The van der Waals surface area contributed by atoms with Crippen LogP contribution in [0.3, 0.4) is 0 Å². The van der Waals surface area contributed by atoms with E-state index >= 15 is 0 Å². The molecule has 1 N–H and O–H groups in total. The van der Waals surface area contributed by atoms with Crippen LogP contribution in [0.4, 0.5) is 11.5 Å². The highest BCUT2D eigenvalue weighted by atomic mass is 16.5. The first kappa shape index (κ1) is 20.9. The minimum atomic E-state index is -0.0123. The molecule has 0 bridgehead atoms. The minimum Gasteiger partial charge on any atom is -0.370 e. The maximum Gasteiger partial charge on any atom is 0.133 e. The van der Waals surface area contributed by atoms with Crippen LogP contribution < -0.4 is 10.2 Å². The van der Waals surface area contributed by atoms with Gasteiger partial charge in [0.2, 0.25) is 0 Å². The molecule has 2 aromatic carbocycles. The van der Waals surface area contributed by atoms with E-state index in [0.717, 1.165) is 46.6 Å². The van der Waals surface area contributed by atoms with Crippen molar-refractivity contribution in [1.29, 1.82) is 5.26 Å². The van der Waals surface area contributed by atoms with Gasteiger partial charge in [-0.3, -0.25) is 4.98 Å². The molecule has 5 rings (SSSR count). The Kier molecular flexibility index (Phi) is 5.88. The molecule has 1 saturated heterocycles. The standard InChI is InChI=1S/C27H25N5O/c1-19-17-32(25-12-11-21(15-28)26-24(25)10-6-13-29-26)18-22(33-19)16-31-27-23(9-5-14-30-27)20-7-3-2-4-8-20/h2-14,19,22H,16-18H2,1H3,(H,30,31)/t19-,22+/m1/s1. The van der Waals surface area contributed by atoms with Gasteiger partial charge in [0.25, 0.3) is 0 Å². The van der Waals surface area contributed by atoms with Crippen molar-refractivity contribution in [1.82, 2.24) is 9.97 Å². The first-order valence-corrected chi connectivity index (χ1v) is 11.2. The van der Waals surface area contributed by atoms with Crippen LogP contribution in [0.15, 0.2) is 79.1 Å². The zero-order valence-electron chi connectivity index (χ0n) is 18.5. The van der Waals surface area contributed by atoms with Crippen LogP contribution in [0.5, 0.6) is 0 Å². The van der Waals surface area contributed by atoms with Crippen LogP contribution in [-0.4, -0.2) is 41.8 Å². The molecule has 0 spiro atoms. The third-order valence-corrected chi connectivity index (χ3v) is 5.92. The normalized spacial score (nSPS) is 18.1. The molecule has 0 radical (unpaired) electrons. The van der Waals surface area contributed by atoms with Crippen LogP contribution in [0.25, 0.3) is 22.0 Å². The summed E-state index contributed by atoms with van der Waals surface area (Å²) in [7, 11) is 0. The van der Waals surface area contributed by atoms with Crippen molar-refractivity contribution in [2.75, 3.05) is 29.9 Å². The Morgan fingerprint density at radius 3 is 2.67 bits per heavy atom. The van der Waals surface area contributed by atoms with Gasteiger partial charge in [-0.2, -0.15) is 5.26 Å². The third-order valence-electron chi connectivity index (χ3n) is 5.92. The number of fused-ring (bicyclic) bond motifs is 1.